The topological polar surface area (TPSA) is 120 Å². The molecule has 36 heavy (non-hydrogen) atoms. The van der Waals surface area contributed by atoms with Crippen LogP contribution in [0.15, 0.2) is 34.8 Å². The third kappa shape index (κ3) is 4.31. The molecule has 4 unspecified atom stereocenters. The summed E-state index contributed by atoms with van der Waals surface area (Å²) in [6.45, 7) is 4.24. The molecule has 1 aromatic carbocycles. The summed E-state index contributed by atoms with van der Waals surface area (Å²) in [4.78, 5) is 38.0. The van der Waals surface area contributed by atoms with Crippen molar-refractivity contribution in [1.82, 2.24) is 14.2 Å². The molecule has 1 aromatic heterocycles. The molecule has 2 fully saturated rings. The summed E-state index contributed by atoms with van der Waals surface area (Å²) in [5.74, 6) is -0.598. The summed E-state index contributed by atoms with van der Waals surface area (Å²) in [5.41, 5.74) is 4.35. The fourth-order valence-electron chi connectivity index (χ4n) is 5.67. The van der Waals surface area contributed by atoms with Crippen LogP contribution in [-0.2, 0) is 25.0 Å². The van der Waals surface area contributed by atoms with Crippen LogP contribution in [0.1, 0.15) is 43.9 Å². The molecule has 0 aliphatic carbocycles. The van der Waals surface area contributed by atoms with E-state index in [0.29, 0.717) is 31.5 Å². The van der Waals surface area contributed by atoms with Crippen LogP contribution >= 0.6 is 11.3 Å². The van der Waals surface area contributed by atoms with Crippen molar-refractivity contribution in [2.24, 2.45) is 4.99 Å². The summed E-state index contributed by atoms with van der Waals surface area (Å²) in [6, 6.07) is 6.56. The average Bonchev–Trinajstić information content (AvgIpc) is 3.60. The molecular formula is C25H30N4O5S2. The summed E-state index contributed by atoms with van der Waals surface area (Å²) in [5, 5.41) is 10.4. The Morgan fingerprint density at radius 1 is 1.25 bits per heavy atom. The van der Waals surface area contributed by atoms with Gasteiger partial charge in [-0.25, -0.2) is 18.4 Å². The number of sulfonamides is 1. The molecule has 4 heterocycles. The second kappa shape index (κ2) is 9.13. The molecule has 5 rings (SSSR count). The summed E-state index contributed by atoms with van der Waals surface area (Å²) >= 11 is 1.57. The first-order valence-corrected chi connectivity index (χ1v) is 14.8. The Balaban J connectivity index is 1.37. The number of carbonyl (C=O) groups excluding carboxylic acids is 2. The number of carbonyl (C=O) groups is 2. The Morgan fingerprint density at radius 2 is 1.97 bits per heavy atom. The van der Waals surface area contributed by atoms with E-state index < -0.39 is 33.6 Å². The number of aryl methyl sites for hydroxylation is 1. The number of aliphatic hydroxyl groups is 1. The normalized spacial score (nSPS) is 29.2. The Hall–Kier alpha value is -2.47. The van der Waals surface area contributed by atoms with Crippen molar-refractivity contribution in [1.29, 1.82) is 0 Å². The van der Waals surface area contributed by atoms with Crippen molar-refractivity contribution in [3.8, 4) is 10.4 Å². The number of thiazole rings is 1. The first-order chi connectivity index (χ1) is 17.0. The Labute approximate surface area is 214 Å². The fraction of sp³-hybridized carbons (Fsp3) is 0.520. The van der Waals surface area contributed by atoms with Gasteiger partial charge in [0.1, 0.15) is 6.04 Å². The van der Waals surface area contributed by atoms with E-state index in [4.69, 9.17) is 0 Å². The van der Waals surface area contributed by atoms with Crippen molar-refractivity contribution in [3.05, 3.63) is 41.0 Å². The zero-order valence-electron chi connectivity index (χ0n) is 20.5. The van der Waals surface area contributed by atoms with Crippen molar-refractivity contribution >= 4 is 38.9 Å². The lowest BCUT2D eigenvalue weighted by molar-refractivity contribution is -0.134. The van der Waals surface area contributed by atoms with E-state index in [1.807, 2.05) is 43.6 Å². The maximum atomic E-state index is 13.5. The zero-order valence-corrected chi connectivity index (χ0v) is 22.2. The second-order valence-electron chi connectivity index (χ2n) is 10.2. The van der Waals surface area contributed by atoms with Gasteiger partial charge in [-0.15, -0.1) is 11.3 Å². The predicted octanol–water partition coefficient (Wildman–Crippen LogP) is 2.13. The molecule has 2 aromatic rings. The largest absolute Gasteiger partial charge is 0.391 e. The smallest absolute Gasteiger partial charge is 0.256 e. The van der Waals surface area contributed by atoms with E-state index in [2.05, 4.69) is 9.98 Å². The van der Waals surface area contributed by atoms with Crippen LogP contribution in [0.5, 0.6) is 0 Å². The number of likely N-dealkylation sites (tertiary alicyclic amines) is 1. The van der Waals surface area contributed by atoms with Gasteiger partial charge in [-0.3, -0.25) is 9.59 Å². The number of hydrogen-bond acceptors (Lipinski definition) is 7. The standard InChI is InChI=1S/C25H30N4O5S2/c1-15-22(35-14-26-15)16-6-8-17(9-7-16)25(2)12-19(27-24(25)32)21-11-18(30)13-28(21)23(31)20-5-4-10-29(20)36(3,33)34/h6-9,14,18,20-21,30H,4-5,10-13H2,1-3H3. The number of hydrogen-bond donors (Lipinski definition) is 1. The van der Waals surface area contributed by atoms with Gasteiger partial charge in [0, 0.05) is 31.6 Å². The zero-order chi connectivity index (χ0) is 25.8. The molecule has 9 nitrogen and oxygen atoms in total. The lowest BCUT2D eigenvalue weighted by atomic mass is 9.78. The summed E-state index contributed by atoms with van der Waals surface area (Å²) in [7, 11) is -3.53. The lowest BCUT2D eigenvalue weighted by Gasteiger charge is -2.31. The van der Waals surface area contributed by atoms with Gasteiger partial charge in [0.25, 0.3) is 5.91 Å². The third-order valence-corrected chi connectivity index (χ3v) is 9.91. The van der Waals surface area contributed by atoms with Crippen LogP contribution in [0.2, 0.25) is 0 Å². The van der Waals surface area contributed by atoms with Gasteiger partial charge < -0.3 is 10.0 Å². The van der Waals surface area contributed by atoms with E-state index >= 15 is 0 Å². The van der Waals surface area contributed by atoms with Crippen molar-refractivity contribution in [2.75, 3.05) is 19.3 Å². The molecule has 192 valence electrons. The molecule has 11 heteroatoms. The van der Waals surface area contributed by atoms with Gasteiger partial charge >= 0.3 is 0 Å². The monoisotopic (exact) mass is 530 g/mol. The quantitative estimate of drug-likeness (QED) is 0.632. The number of benzene rings is 1. The molecule has 0 spiro atoms. The van der Waals surface area contributed by atoms with Gasteiger partial charge in [0.2, 0.25) is 15.9 Å². The summed E-state index contributed by atoms with van der Waals surface area (Å²) in [6.07, 6.45) is 2.04. The number of nitrogens with zero attached hydrogens (tertiary/aromatic N) is 4. The van der Waals surface area contributed by atoms with Crippen LogP contribution < -0.4 is 0 Å². The number of aliphatic imine (C=N–C) groups is 1. The van der Waals surface area contributed by atoms with Crippen LogP contribution in [0.25, 0.3) is 10.4 Å². The molecule has 2 saturated heterocycles. The van der Waals surface area contributed by atoms with Gasteiger partial charge in [-0.2, -0.15) is 4.31 Å². The molecule has 3 aliphatic heterocycles. The minimum atomic E-state index is -3.53. The number of β-amino-alcohol motifs (C(OH)–C–C–N with tert-alkyl or cyclic N) is 1. The maximum absolute atomic E-state index is 13.5. The van der Waals surface area contributed by atoms with Crippen molar-refractivity contribution < 1.29 is 23.1 Å². The third-order valence-electron chi connectivity index (χ3n) is 7.64. The summed E-state index contributed by atoms with van der Waals surface area (Å²) < 4.78 is 25.7. The molecule has 3 aliphatic rings. The van der Waals surface area contributed by atoms with Crippen LogP contribution in [0, 0.1) is 6.92 Å². The van der Waals surface area contributed by atoms with Crippen LogP contribution in [0.3, 0.4) is 0 Å². The molecule has 0 saturated carbocycles. The first kappa shape index (κ1) is 25.2. The number of amides is 2. The van der Waals surface area contributed by atoms with Gasteiger partial charge in [-0.05, 0) is 37.8 Å². The molecule has 4 atom stereocenters. The first-order valence-electron chi connectivity index (χ1n) is 12.1. The van der Waals surface area contributed by atoms with Crippen LogP contribution in [-0.4, -0.2) is 82.8 Å². The molecule has 1 N–H and O–H groups in total. The molecule has 0 bridgehead atoms. The van der Waals surface area contributed by atoms with Gasteiger partial charge in [-0.1, -0.05) is 24.3 Å². The highest BCUT2D eigenvalue weighted by molar-refractivity contribution is 7.88. The van der Waals surface area contributed by atoms with Gasteiger partial charge in [0.05, 0.1) is 39.9 Å². The highest BCUT2D eigenvalue weighted by atomic mass is 32.2. The molecule has 0 radical (unpaired) electrons. The van der Waals surface area contributed by atoms with E-state index in [1.54, 1.807) is 11.3 Å². The Kier molecular flexibility index (Phi) is 6.39. The van der Waals surface area contributed by atoms with E-state index in [-0.39, 0.29) is 24.8 Å². The van der Waals surface area contributed by atoms with Crippen molar-refractivity contribution in [3.63, 3.8) is 0 Å². The van der Waals surface area contributed by atoms with E-state index in [9.17, 15) is 23.1 Å². The lowest BCUT2D eigenvalue weighted by Crippen LogP contribution is -2.51. The second-order valence-corrected chi connectivity index (χ2v) is 13.0. The average molecular weight is 531 g/mol. The molecule has 2 amide bonds. The van der Waals surface area contributed by atoms with Crippen molar-refractivity contribution in [2.45, 2.75) is 63.1 Å². The van der Waals surface area contributed by atoms with E-state index in [0.717, 1.165) is 28.0 Å². The number of rotatable bonds is 5. The highest BCUT2D eigenvalue weighted by Gasteiger charge is 2.49. The predicted molar refractivity (Wildman–Crippen MR) is 137 cm³/mol. The Morgan fingerprint density at radius 3 is 2.61 bits per heavy atom. The minimum absolute atomic E-state index is 0.102. The van der Waals surface area contributed by atoms with Gasteiger partial charge in [0.15, 0.2) is 0 Å². The fourth-order valence-corrected chi connectivity index (χ4v) is 7.60. The Bertz CT molecular complexity index is 1340. The SMILES string of the molecule is Cc1ncsc1-c1ccc(C2(C)CC(C3CC(O)CN3C(=O)C3CCCN3S(C)(=O)=O)=NC2=O)cc1. The highest BCUT2D eigenvalue weighted by Crippen LogP contribution is 2.39. The minimum Gasteiger partial charge on any atom is -0.391 e. The number of aliphatic hydroxyl groups excluding tert-OH is 1. The van der Waals surface area contributed by atoms with Crippen LogP contribution in [0.4, 0.5) is 0 Å². The number of aromatic nitrogens is 1. The van der Waals surface area contributed by atoms with E-state index in [1.165, 1.54) is 9.21 Å². The molecular weight excluding hydrogens is 500 g/mol. The maximum Gasteiger partial charge on any atom is 0.256 e.